The molecule has 63 heavy (non-hydrogen) atoms. The first kappa shape index (κ1) is 60.9. The van der Waals surface area contributed by atoms with Crippen molar-refractivity contribution in [1.29, 1.82) is 0 Å². The van der Waals surface area contributed by atoms with E-state index in [4.69, 9.17) is 14.2 Å². The number of hydrogen-bond acceptors (Lipinski definition) is 6. The second kappa shape index (κ2) is 52.5. The molecule has 0 aliphatic carbocycles. The second-order valence-electron chi connectivity index (χ2n) is 18.9. The summed E-state index contributed by atoms with van der Waals surface area (Å²) in [6.07, 6.45) is 60.2. The summed E-state index contributed by atoms with van der Waals surface area (Å²) >= 11 is 0. The van der Waals surface area contributed by atoms with Gasteiger partial charge in [0.25, 0.3) is 0 Å². The first-order valence-electron chi connectivity index (χ1n) is 27.8. The third-order valence-electron chi connectivity index (χ3n) is 12.5. The number of hydrogen-bond donors (Lipinski definition) is 0. The molecule has 0 aliphatic rings. The minimum Gasteiger partial charge on any atom is -0.462 e. The van der Waals surface area contributed by atoms with Gasteiger partial charge in [0.05, 0.1) is 0 Å². The predicted octanol–water partition coefficient (Wildman–Crippen LogP) is 18.3. The zero-order valence-electron chi connectivity index (χ0n) is 42.4. The predicted molar refractivity (Wildman–Crippen MR) is 270 cm³/mol. The van der Waals surface area contributed by atoms with E-state index in [-0.39, 0.29) is 31.1 Å². The minimum absolute atomic E-state index is 0.0717. The summed E-state index contributed by atoms with van der Waals surface area (Å²) in [6.45, 7) is 6.63. The molecule has 0 N–H and O–H groups in total. The molecule has 0 aromatic carbocycles. The van der Waals surface area contributed by atoms with Gasteiger partial charge < -0.3 is 14.2 Å². The lowest BCUT2D eigenvalue weighted by Crippen LogP contribution is -2.30. The van der Waals surface area contributed by atoms with Gasteiger partial charge in [-0.3, -0.25) is 14.4 Å². The van der Waals surface area contributed by atoms with Crippen LogP contribution in [0.5, 0.6) is 0 Å². The summed E-state index contributed by atoms with van der Waals surface area (Å²) in [7, 11) is 0. The molecule has 0 aromatic rings. The fraction of sp³-hybridized carbons (Fsp3) is 0.877. The van der Waals surface area contributed by atoms with E-state index in [2.05, 4.69) is 45.1 Å². The number of unbranched alkanes of at least 4 members (excludes halogenated alkanes) is 36. The van der Waals surface area contributed by atoms with Gasteiger partial charge in [0, 0.05) is 19.3 Å². The highest BCUT2D eigenvalue weighted by Gasteiger charge is 2.19. The molecule has 0 saturated carbocycles. The highest BCUT2D eigenvalue weighted by Crippen LogP contribution is 2.17. The molecule has 0 spiro atoms. The molecule has 0 bridgehead atoms. The molecular formula is C57H106O6. The molecule has 1 atom stereocenters. The largest absolute Gasteiger partial charge is 0.462 e. The smallest absolute Gasteiger partial charge is 0.306 e. The lowest BCUT2D eigenvalue weighted by atomic mass is 10.0. The van der Waals surface area contributed by atoms with Crippen LogP contribution in [-0.2, 0) is 28.6 Å². The maximum Gasteiger partial charge on any atom is 0.306 e. The van der Waals surface area contributed by atoms with Crippen molar-refractivity contribution in [3.05, 3.63) is 24.3 Å². The second-order valence-corrected chi connectivity index (χ2v) is 18.9. The highest BCUT2D eigenvalue weighted by atomic mass is 16.6. The molecule has 0 unspecified atom stereocenters. The number of carbonyl (C=O) groups is 3. The van der Waals surface area contributed by atoms with Crippen LogP contribution in [0.4, 0.5) is 0 Å². The van der Waals surface area contributed by atoms with Gasteiger partial charge in [-0.2, -0.15) is 0 Å². The van der Waals surface area contributed by atoms with Gasteiger partial charge in [0.1, 0.15) is 13.2 Å². The van der Waals surface area contributed by atoms with E-state index in [9.17, 15) is 14.4 Å². The lowest BCUT2D eigenvalue weighted by molar-refractivity contribution is -0.167. The van der Waals surface area contributed by atoms with Crippen molar-refractivity contribution in [2.75, 3.05) is 13.2 Å². The van der Waals surface area contributed by atoms with Crippen LogP contribution in [0.3, 0.4) is 0 Å². The SMILES string of the molecule is CCCC/C=C/C/C=C/CCCCCCCC(=O)O[C@H](COC(=O)CCCCCCCCCCCCCCCC)COC(=O)CCCCCCCCCCCCCCCCCCC. The first-order valence-corrected chi connectivity index (χ1v) is 27.8. The minimum atomic E-state index is -0.773. The summed E-state index contributed by atoms with van der Waals surface area (Å²) < 4.78 is 16.8. The Bertz CT molecular complexity index is 1020. The molecule has 0 aromatic heterocycles. The Labute approximate surface area is 392 Å². The molecule has 0 rings (SSSR count). The van der Waals surface area contributed by atoms with E-state index in [1.54, 1.807) is 0 Å². The standard InChI is InChI=1S/C57H106O6/c1-4-7-10-13-16-19-22-25-28-29-30-33-35-38-41-44-47-50-56(59)62-53-54(63-57(60)51-48-45-42-39-36-32-27-24-21-18-15-12-9-6-3)52-61-55(58)49-46-43-40-37-34-31-26-23-20-17-14-11-8-5-2/h15,18,24,27,54H,4-14,16-17,19-23,25-26,28-53H2,1-3H3/b18-15+,27-24+/t54-/m1/s1. The number of esters is 3. The molecule has 0 aliphatic heterocycles. The Hall–Kier alpha value is -2.11. The third kappa shape index (κ3) is 50.7. The zero-order valence-corrected chi connectivity index (χ0v) is 42.4. The van der Waals surface area contributed by atoms with E-state index in [0.29, 0.717) is 19.3 Å². The topological polar surface area (TPSA) is 78.9 Å². The first-order chi connectivity index (χ1) is 31.0. The van der Waals surface area contributed by atoms with Gasteiger partial charge in [0.15, 0.2) is 6.10 Å². The van der Waals surface area contributed by atoms with Crippen LogP contribution in [0, 0.1) is 0 Å². The fourth-order valence-electron chi connectivity index (χ4n) is 8.23. The van der Waals surface area contributed by atoms with E-state index in [0.717, 1.165) is 83.5 Å². The Morgan fingerprint density at radius 3 is 0.921 bits per heavy atom. The van der Waals surface area contributed by atoms with Crippen LogP contribution in [0.15, 0.2) is 24.3 Å². The van der Waals surface area contributed by atoms with Gasteiger partial charge in [-0.1, -0.05) is 263 Å². The van der Waals surface area contributed by atoms with Crippen molar-refractivity contribution in [2.24, 2.45) is 0 Å². The molecule has 0 radical (unpaired) electrons. The molecule has 0 saturated heterocycles. The molecule has 6 heteroatoms. The van der Waals surface area contributed by atoms with Crippen molar-refractivity contribution >= 4 is 17.9 Å². The van der Waals surface area contributed by atoms with E-state index in [1.807, 2.05) is 0 Å². The van der Waals surface area contributed by atoms with Gasteiger partial charge in [-0.25, -0.2) is 0 Å². The third-order valence-corrected chi connectivity index (χ3v) is 12.5. The normalized spacial score (nSPS) is 12.1. The van der Waals surface area contributed by atoms with Gasteiger partial charge in [-0.05, 0) is 44.9 Å². The number of carbonyl (C=O) groups excluding carboxylic acids is 3. The van der Waals surface area contributed by atoms with E-state index in [1.165, 1.54) is 180 Å². The molecule has 6 nitrogen and oxygen atoms in total. The molecular weight excluding hydrogens is 781 g/mol. The quantitative estimate of drug-likeness (QED) is 0.0262. The average Bonchev–Trinajstić information content (AvgIpc) is 3.28. The fourth-order valence-corrected chi connectivity index (χ4v) is 8.23. The summed E-state index contributed by atoms with van der Waals surface area (Å²) in [5.74, 6) is -0.866. The molecule has 370 valence electrons. The van der Waals surface area contributed by atoms with Crippen molar-refractivity contribution < 1.29 is 28.6 Å². The van der Waals surface area contributed by atoms with Crippen LogP contribution in [-0.4, -0.2) is 37.2 Å². The van der Waals surface area contributed by atoms with Crippen LogP contribution in [0.1, 0.15) is 303 Å². The molecule has 0 fully saturated rings. The Morgan fingerprint density at radius 2 is 0.587 bits per heavy atom. The van der Waals surface area contributed by atoms with Gasteiger partial charge in [-0.15, -0.1) is 0 Å². The zero-order chi connectivity index (χ0) is 45.8. The monoisotopic (exact) mass is 887 g/mol. The Balaban J connectivity index is 4.33. The van der Waals surface area contributed by atoms with Crippen LogP contribution in [0.2, 0.25) is 0 Å². The van der Waals surface area contributed by atoms with Crippen LogP contribution in [0.25, 0.3) is 0 Å². The summed E-state index contributed by atoms with van der Waals surface area (Å²) in [6, 6.07) is 0. The van der Waals surface area contributed by atoms with Crippen molar-refractivity contribution in [3.8, 4) is 0 Å². The average molecular weight is 887 g/mol. The maximum absolute atomic E-state index is 12.8. The Morgan fingerprint density at radius 1 is 0.317 bits per heavy atom. The summed E-state index contributed by atoms with van der Waals surface area (Å²) in [4.78, 5) is 38.1. The van der Waals surface area contributed by atoms with Gasteiger partial charge in [0.2, 0.25) is 0 Å². The van der Waals surface area contributed by atoms with Crippen molar-refractivity contribution in [1.82, 2.24) is 0 Å². The number of ether oxygens (including phenoxy) is 3. The Kier molecular flexibility index (Phi) is 50.8. The molecule has 0 amide bonds. The van der Waals surface area contributed by atoms with E-state index < -0.39 is 6.10 Å². The molecule has 0 heterocycles. The summed E-state index contributed by atoms with van der Waals surface area (Å²) in [5.41, 5.74) is 0. The maximum atomic E-state index is 12.8. The summed E-state index contributed by atoms with van der Waals surface area (Å²) in [5, 5.41) is 0. The van der Waals surface area contributed by atoms with Crippen molar-refractivity contribution in [2.45, 2.75) is 309 Å². The number of rotatable bonds is 51. The van der Waals surface area contributed by atoms with Gasteiger partial charge >= 0.3 is 17.9 Å². The van der Waals surface area contributed by atoms with Crippen LogP contribution >= 0.6 is 0 Å². The highest BCUT2D eigenvalue weighted by molar-refractivity contribution is 5.71. The van der Waals surface area contributed by atoms with Crippen LogP contribution < -0.4 is 0 Å². The van der Waals surface area contributed by atoms with Crippen molar-refractivity contribution in [3.63, 3.8) is 0 Å². The lowest BCUT2D eigenvalue weighted by Gasteiger charge is -2.18. The van der Waals surface area contributed by atoms with E-state index >= 15 is 0 Å². The number of allylic oxidation sites excluding steroid dienone is 4.